The van der Waals surface area contributed by atoms with Gasteiger partial charge in [-0.2, -0.15) is 18.3 Å². The lowest BCUT2D eigenvalue weighted by molar-refractivity contribution is -0.141. The Bertz CT molecular complexity index is 980. The summed E-state index contributed by atoms with van der Waals surface area (Å²) in [5.74, 6) is -0.156. The van der Waals surface area contributed by atoms with E-state index in [0.29, 0.717) is 5.69 Å². The minimum atomic E-state index is -4.75. The van der Waals surface area contributed by atoms with Crippen molar-refractivity contribution in [3.8, 4) is 0 Å². The van der Waals surface area contributed by atoms with Crippen molar-refractivity contribution in [1.82, 2.24) is 15.2 Å². The second kappa shape index (κ2) is 6.93. The minimum absolute atomic E-state index is 0.0126. The van der Waals surface area contributed by atoms with Gasteiger partial charge >= 0.3 is 6.18 Å². The lowest BCUT2D eigenvalue weighted by atomic mass is 10.1. The largest absolute Gasteiger partial charge is 0.433 e. The van der Waals surface area contributed by atoms with E-state index >= 15 is 0 Å². The number of halogens is 4. The lowest BCUT2D eigenvalue weighted by Gasteiger charge is -2.20. The second-order valence-corrected chi connectivity index (χ2v) is 6.02. The summed E-state index contributed by atoms with van der Waals surface area (Å²) < 4.78 is 53.2. The summed E-state index contributed by atoms with van der Waals surface area (Å²) >= 11 is 0. The monoisotopic (exact) mass is 382 g/mol. The van der Waals surface area contributed by atoms with Gasteiger partial charge < -0.3 is 16.4 Å². The molecule has 10 heteroatoms. The van der Waals surface area contributed by atoms with Gasteiger partial charge in [-0.05, 0) is 24.6 Å². The van der Waals surface area contributed by atoms with Crippen LogP contribution in [0.3, 0.4) is 0 Å². The van der Waals surface area contributed by atoms with Gasteiger partial charge in [-0.1, -0.05) is 0 Å². The fourth-order valence-electron chi connectivity index (χ4n) is 3.04. The Labute approximate surface area is 152 Å². The van der Waals surface area contributed by atoms with E-state index in [-0.39, 0.29) is 22.8 Å². The summed E-state index contributed by atoms with van der Waals surface area (Å²) in [6.07, 6.45) is -3.58. The van der Waals surface area contributed by atoms with Crippen molar-refractivity contribution >= 4 is 33.8 Å². The van der Waals surface area contributed by atoms with Crippen LogP contribution in [0.25, 0.3) is 10.9 Å². The molecule has 0 atom stereocenters. The maximum Gasteiger partial charge on any atom is 0.433 e. The van der Waals surface area contributed by atoms with Crippen molar-refractivity contribution < 1.29 is 17.6 Å². The zero-order valence-corrected chi connectivity index (χ0v) is 14.6. The van der Waals surface area contributed by atoms with Crippen molar-refractivity contribution in [3.63, 3.8) is 0 Å². The molecular formula is C17H18F4N6. The summed E-state index contributed by atoms with van der Waals surface area (Å²) in [5.41, 5.74) is 6.74. The van der Waals surface area contributed by atoms with E-state index in [0.717, 1.165) is 16.5 Å². The molecule has 0 radical (unpaired) electrons. The molecule has 0 bridgehead atoms. The van der Waals surface area contributed by atoms with Gasteiger partial charge in [0.05, 0.1) is 29.8 Å². The molecule has 3 aromatic rings. The molecule has 2 aromatic heterocycles. The molecule has 0 aliphatic rings. The van der Waals surface area contributed by atoms with Crippen molar-refractivity contribution in [2.24, 2.45) is 0 Å². The quantitative estimate of drug-likeness (QED) is 0.497. The first-order chi connectivity index (χ1) is 12.8. The van der Waals surface area contributed by atoms with Gasteiger partial charge in [-0.25, -0.2) is 4.98 Å². The highest BCUT2D eigenvalue weighted by Crippen LogP contribution is 2.40. The number of rotatable bonds is 5. The van der Waals surface area contributed by atoms with E-state index in [9.17, 15) is 17.6 Å². The zero-order chi connectivity index (χ0) is 19.8. The molecule has 0 aliphatic heterocycles. The highest BCUT2D eigenvalue weighted by molar-refractivity contribution is 5.88. The number of nitrogen functional groups attached to an aromatic ring is 1. The number of nitrogens with zero attached hydrogens (tertiary/aromatic N) is 2. The van der Waals surface area contributed by atoms with Crippen LogP contribution in [0.1, 0.15) is 16.8 Å². The fourth-order valence-corrected chi connectivity index (χ4v) is 3.04. The van der Waals surface area contributed by atoms with Crippen LogP contribution in [-0.4, -0.2) is 28.9 Å². The Kier molecular flexibility index (Phi) is 4.81. The number of pyridine rings is 1. The number of aromatic amines is 1. The number of fused-ring (bicyclic) bond motifs is 1. The summed E-state index contributed by atoms with van der Waals surface area (Å²) in [6.45, 7) is 0.884. The standard InChI is InChI=1S/C17H18F4N6/c1-8-5-10(6-9-7-24-27-13(8)9)25-16-12(22)14(23-2)11(3-4-18)15(26-16)17(19,20)21/h5-7H,3-4,22H2,1-2H3,(H,24,27)(H2,23,25,26). The minimum Gasteiger partial charge on any atom is -0.394 e. The summed E-state index contributed by atoms with van der Waals surface area (Å²) in [6, 6.07) is 3.46. The number of aromatic nitrogens is 3. The van der Waals surface area contributed by atoms with Crippen molar-refractivity contribution in [2.45, 2.75) is 19.5 Å². The Morgan fingerprint density at radius 1 is 1.26 bits per heavy atom. The molecule has 3 rings (SSSR count). The number of aryl methyl sites for hydroxylation is 1. The molecule has 6 nitrogen and oxygen atoms in total. The predicted molar refractivity (Wildman–Crippen MR) is 97.0 cm³/mol. The molecule has 0 saturated carbocycles. The number of hydrogen-bond acceptors (Lipinski definition) is 5. The SMILES string of the molecule is CNc1c(N)c(Nc2cc(C)c3[nH]ncc3c2)nc(C(F)(F)F)c1CCF. The fraction of sp³-hybridized carbons (Fsp3) is 0.294. The van der Waals surface area contributed by atoms with Crippen molar-refractivity contribution in [2.75, 3.05) is 30.1 Å². The van der Waals surface area contributed by atoms with E-state index in [1.54, 1.807) is 18.3 Å². The Hall–Kier alpha value is -3.04. The molecule has 0 unspecified atom stereocenters. The normalized spacial score (nSPS) is 11.8. The van der Waals surface area contributed by atoms with Gasteiger partial charge in [0, 0.05) is 30.1 Å². The molecule has 0 spiro atoms. The van der Waals surface area contributed by atoms with Crippen LogP contribution in [0, 0.1) is 6.92 Å². The van der Waals surface area contributed by atoms with Gasteiger partial charge in [0.25, 0.3) is 0 Å². The average molecular weight is 382 g/mol. The first-order valence-corrected chi connectivity index (χ1v) is 8.10. The molecule has 0 aliphatic carbocycles. The first kappa shape index (κ1) is 18.7. The van der Waals surface area contributed by atoms with Gasteiger partial charge in [0.1, 0.15) is 0 Å². The van der Waals surface area contributed by atoms with Gasteiger partial charge in [-0.3, -0.25) is 9.49 Å². The number of nitrogens with one attached hydrogen (secondary N) is 3. The highest BCUT2D eigenvalue weighted by atomic mass is 19.4. The van der Waals surface area contributed by atoms with Crippen LogP contribution < -0.4 is 16.4 Å². The first-order valence-electron chi connectivity index (χ1n) is 8.10. The van der Waals surface area contributed by atoms with Crippen molar-refractivity contribution in [3.05, 3.63) is 35.2 Å². The van der Waals surface area contributed by atoms with Crippen LogP contribution in [0.15, 0.2) is 18.3 Å². The van der Waals surface area contributed by atoms with Crippen LogP contribution in [0.5, 0.6) is 0 Å². The molecule has 0 fully saturated rings. The molecule has 0 saturated heterocycles. The van der Waals surface area contributed by atoms with Gasteiger partial charge in [0.2, 0.25) is 0 Å². The van der Waals surface area contributed by atoms with E-state index in [4.69, 9.17) is 5.73 Å². The molecule has 0 amide bonds. The molecule has 5 N–H and O–H groups in total. The van der Waals surface area contributed by atoms with E-state index < -0.39 is 25.0 Å². The maximum atomic E-state index is 13.5. The Morgan fingerprint density at radius 2 is 2.00 bits per heavy atom. The van der Waals surface area contributed by atoms with Gasteiger partial charge in [0.15, 0.2) is 11.5 Å². The molecule has 2 heterocycles. The zero-order valence-electron chi connectivity index (χ0n) is 14.6. The summed E-state index contributed by atoms with van der Waals surface area (Å²) in [7, 11) is 1.43. The number of alkyl halides is 4. The predicted octanol–water partition coefficient (Wildman–Crippen LogP) is 4.16. The molecule has 144 valence electrons. The van der Waals surface area contributed by atoms with E-state index in [1.807, 2.05) is 6.92 Å². The van der Waals surface area contributed by atoms with E-state index in [1.165, 1.54) is 7.05 Å². The summed E-state index contributed by atoms with van der Waals surface area (Å²) in [5, 5.41) is 13.1. The third-order valence-electron chi connectivity index (χ3n) is 4.21. The second-order valence-electron chi connectivity index (χ2n) is 6.02. The topological polar surface area (TPSA) is 91.7 Å². The third kappa shape index (κ3) is 3.46. The lowest BCUT2D eigenvalue weighted by Crippen LogP contribution is -2.18. The number of H-pyrrole nitrogens is 1. The van der Waals surface area contributed by atoms with Crippen molar-refractivity contribution in [1.29, 1.82) is 0 Å². The maximum absolute atomic E-state index is 13.5. The number of benzene rings is 1. The number of hydrogen-bond donors (Lipinski definition) is 4. The smallest absolute Gasteiger partial charge is 0.394 e. The molecule has 27 heavy (non-hydrogen) atoms. The molecule has 1 aromatic carbocycles. The van der Waals surface area contributed by atoms with Crippen LogP contribution in [0.2, 0.25) is 0 Å². The van der Waals surface area contributed by atoms with Crippen LogP contribution >= 0.6 is 0 Å². The average Bonchev–Trinajstić information content (AvgIpc) is 3.06. The highest BCUT2D eigenvalue weighted by Gasteiger charge is 2.38. The van der Waals surface area contributed by atoms with Crippen LogP contribution in [0.4, 0.5) is 40.4 Å². The summed E-state index contributed by atoms with van der Waals surface area (Å²) in [4.78, 5) is 3.67. The third-order valence-corrected chi connectivity index (χ3v) is 4.21. The van der Waals surface area contributed by atoms with Crippen LogP contribution in [-0.2, 0) is 12.6 Å². The van der Waals surface area contributed by atoms with Gasteiger partial charge in [-0.15, -0.1) is 0 Å². The van der Waals surface area contributed by atoms with E-state index in [2.05, 4.69) is 25.8 Å². The number of anilines is 4. The number of nitrogens with two attached hydrogens (primary N) is 1. The molecular weight excluding hydrogens is 364 g/mol. The Balaban J connectivity index is 2.13. The Morgan fingerprint density at radius 3 is 2.63 bits per heavy atom.